The summed E-state index contributed by atoms with van der Waals surface area (Å²) in [6.07, 6.45) is 1.40. The van der Waals surface area contributed by atoms with Crippen molar-refractivity contribution in [2.75, 3.05) is 7.11 Å². The summed E-state index contributed by atoms with van der Waals surface area (Å²) in [5.41, 5.74) is 0.928. The van der Waals surface area contributed by atoms with E-state index in [4.69, 9.17) is 9.47 Å². The van der Waals surface area contributed by atoms with Gasteiger partial charge in [-0.15, -0.1) is 0 Å². The number of ether oxygens (including phenoxy) is 2. The summed E-state index contributed by atoms with van der Waals surface area (Å²) in [6, 6.07) is 13.0. The van der Waals surface area contributed by atoms with Gasteiger partial charge in [0, 0.05) is 36.0 Å². The molecule has 1 aliphatic heterocycles. The zero-order chi connectivity index (χ0) is 21.3. The highest BCUT2D eigenvalue weighted by Gasteiger charge is 2.24. The number of fused-ring (bicyclic) bond motifs is 2. The lowest BCUT2D eigenvalue weighted by Gasteiger charge is -2.28. The number of hydrogen-bond acceptors (Lipinski definition) is 5. The van der Waals surface area contributed by atoms with E-state index in [9.17, 15) is 14.4 Å². The van der Waals surface area contributed by atoms with Crippen LogP contribution in [0, 0.1) is 6.92 Å². The second-order valence-corrected chi connectivity index (χ2v) is 7.11. The van der Waals surface area contributed by atoms with Crippen LogP contribution in [0.4, 0.5) is 0 Å². The minimum atomic E-state index is -0.614. The largest absolute Gasteiger partial charge is 0.493 e. The molecule has 8 heteroatoms. The lowest BCUT2D eigenvalue weighted by atomic mass is 10.1. The molecule has 0 bridgehead atoms. The molecule has 2 heterocycles. The zero-order valence-electron chi connectivity index (χ0n) is 16.7. The highest BCUT2D eigenvalue weighted by atomic mass is 16.5. The molecular weight excluding hydrogens is 386 g/mol. The highest BCUT2D eigenvalue weighted by Crippen LogP contribution is 2.39. The van der Waals surface area contributed by atoms with Gasteiger partial charge in [0.2, 0.25) is 5.91 Å². The number of rotatable bonds is 3. The fourth-order valence-electron chi connectivity index (χ4n) is 3.43. The number of amides is 1. The standard InChI is InChI=1S/C22H21N3O5/c1-14-10-25(22(28)23-21(14)27)13-19(26)24-11-15-6-3-4-8-17(15)30-20-16(12-24)7-5-9-18(20)29-2/h3-10H,11-13H2,1-2H3,(H,23,27,28). The van der Waals surface area contributed by atoms with Crippen LogP contribution in [0.3, 0.4) is 0 Å². The van der Waals surface area contributed by atoms with Crippen LogP contribution < -0.4 is 20.7 Å². The average molecular weight is 407 g/mol. The molecule has 1 amide bonds. The topological polar surface area (TPSA) is 93.6 Å². The summed E-state index contributed by atoms with van der Waals surface area (Å²) < 4.78 is 12.8. The first-order chi connectivity index (χ1) is 14.5. The SMILES string of the molecule is COc1cccc2c1Oc1ccccc1CN(C(=O)Cn1cc(C)c(=O)[nH]c1=O)C2. The van der Waals surface area contributed by atoms with E-state index < -0.39 is 11.2 Å². The molecule has 1 N–H and O–H groups in total. The Kier molecular flexibility index (Phi) is 5.14. The van der Waals surface area contributed by atoms with Gasteiger partial charge in [-0.25, -0.2) is 4.79 Å². The summed E-state index contributed by atoms with van der Waals surface area (Å²) in [5, 5.41) is 0. The highest BCUT2D eigenvalue weighted by molar-refractivity contribution is 5.76. The van der Waals surface area contributed by atoms with Crippen LogP contribution in [0.5, 0.6) is 17.2 Å². The van der Waals surface area contributed by atoms with E-state index in [1.807, 2.05) is 36.4 Å². The monoisotopic (exact) mass is 407 g/mol. The number of benzene rings is 2. The van der Waals surface area contributed by atoms with Gasteiger partial charge in [-0.3, -0.25) is 19.1 Å². The minimum absolute atomic E-state index is 0.182. The number of H-pyrrole nitrogens is 1. The maximum atomic E-state index is 13.2. The average Bonchev–Trinajstić information content (AvgIpc) is 2.71. The number of aryl methyl sites for hydroxylation is 1. The van der Waals surface area contributed by atoms with Crippen LogP contribution in [-0.2, 0) is 24.4 Å². The maximum absolute atomic E-state index is 13.2. The fraction of sp³-hybridized carbons (Fsp3) is 0.227. The predicted octanol–water partition coefficient (Wildman–Crippen LogP) is 2.19. The number of aromatic nitrogens is 2. The van der Waals surface area contributed by atoms with Gasteiger partial charge in [0.05, 0.1) is 7.11 Å². The van der Waals surface area contributed by atoms with Crippen molar-refractivity contribution in [2.45, 2.75) is 26.6 Å². The molecule has 0 atom stereocenters. The van der Waals surface area contributed by atoms with Crippen molar-refractivity contribution < 1.29 is 14.3 Å². The molecule has 4 rings (SSSR count). The molecule has 1 aliphatic rings. The normalized spacial score (nSPS) is 12.8. The van der Waals surface area contributed by atoms with Crippen LogP contribution >= 0.6 is 0 Å². The fourth-order valence-corrected chi connectivity index (χ4v) is 3.43. The number of carbonyl (C=O) groups is 1. The summed E-state index contributed by atoms with van der Waals surface area (Å²) in [5.74, 6) is 1.51. The number of nitrogens with zero attached hydrogens (tertiary/aromatic N) is 2. The predicted molar refractivity (Wildman–Crippen MR) is 110 cm³/mol. The second-order valence-electron chi connectivity index (χ2n) is 7.11. The van der Waals surface area contributed by atoms with E-state index in [1.54, 1.807) is 25.0 Å². The Bertz CT molecular complexity index is 1230. The maximum Gasteiger partial charge on any atom is 0.328 e. The third-order valence-corrected chi connectivity index (χ3v) is 5.03. The van der Waals surface area contributed by atoms with E-state index >= 15 is 0 Å². The molecule has 0 fully saturated rings. The molecule has 3 aromatic rings. The summed E-state index contributed by atoms with van der Waals surface area (Å²) in [7, 11) is 1.57. The molecule has 2 aromatic carbocycles. The van der Waals surface area contributed by atoms with Crippen molar-refractivity contribution in [1.82, 2.24) is 14.5 Å². The van der Waals surface area contributed by atoms with Crippen LogP contribution in [0.1, 0.15) is 16.7 Å². The Hall–Kier alpha value is -3.81. The van der Waals surface area contributed by atoms with Gasteiger partial charge in [0.1, 0.15) is 12.3 Å². The van der Waals surface area contributed by atoms with Gasteiger partial charge in [-0.2, -0.15) is 0 Å². The Morgan fingerprint density at radius 2 is 1.83 bits per heavy atom. The van der Waals surface area contributed by atoms with Crippen molar-refractivity contribution in [3.05, 3.63) is 86.2 Å². The van der Waals surface area contributed by atoms with Crippen molar-refractivity contribution >= 4 is 5.91 Å². The number of aromatic amines is 1. The molecule has 0 spiro atoms. The van der Waals surface area contributed by atoms with Crippen molar-refractivity contribution in [2.24, 2.45) is 0 Å². The molecule has 154 valence electrons. The van der Waals surface area contributed by atoms with E-state index in [0.717, 1.165) is 11.1 Å². The van der Waals surface area contributed by atoms with Crippen molar-refractivity contribution in [3.63, 3.8) is 0 Å². The Labute approximate surface area is 172 Å². The van der Waals surface area contributed by atoms with Gasteiger partial charge in [-0.1, -0.05) is 30.3 Å². The Morgan fingerprint density at radius 3 is 2.63 bits per heavy atom. The Balaban J connectivity index is 1.73. The van der Waals surface area contributed by atoms with E-state index in [0.29, 0.717) is 29.4 Å². The molecular formula is C22H21N3O5. The molecule has 0 saturated carbocycles. The number of carbonyl (C=O) groups excluding carboxylic acids is 1. The Morgan fingerprint density at radius 1 is 1.10 bits per heavy atom. The molecule has 0 unspecified atom stereocenters. The van der Waals surface area contributed by atoms with Crippen LogP contribution in [0.15, 0.2) is 58.3 Å². The summed E-state index contributed by atoms with van der Waals surface area (Å²) >= 11 is 0. The summed E-state index contributed by atoms with van der Waals surface area (Å²) in [6.45, 7) is 2.02. The number of hydrogen-bond donors (Lipinski definition) is 1. The van der Waals surface area contributed by atoms with Crippen LogP contribution in [0.25, 0.3) is 0 Å². The van der Waals surface area contributed by atoms with E-state index in [-0.39, 0.29) is 19.0 Å². The molecule has 0 saturated heterocycles. The van der Waals surface area contributed by atoms with Gasteiger partial charge in [-0.05, 0) is 19.1 Å². The molecule has 0 radical (unpaired) electrons. The quantitative estimate of drug-likeness (QED) is 0.718. The van der Waals surface area contributed by atoms with Crippen LogP contribution in [-0.4, -0.2) is 27.5 Å². The van der Waals surface area contributed by atoms with Gasteiger partial charge in [0.25, 0.3) is 5.56 Å². The first-order valence-corrected chi connectivity index (χ1v) is 9.46. The number of methoxy groups -OCH3 is 1. The van der Waals surface area contributed by atoms with E-state index in [1.165, 1.54) is 10.8 Å². The first-order valence-electron chi connectivity index (χ1n) is 9.46. The molecule has 0 aliphatic carbocycles. The van der Waals surface area contributed by atoms with Crippen molar-refractivity contribution in [1.29, 1.82) is 0 Å². The zero-order valence-corrected chi connectivity index (χ0v) is 16.7. The third kappa shape index (κ3) is 3.71. The smallest absolute Gasteiger partial charge is 0.328 e. The lowest BCUT2D eigenvalue weighted by molar-refractivity contribution is -0.133. The molecule has 1 aromatic heterocycles. The minimum Gasteiger partial charge on any atom is -0.493 e. The second kappa shape index (κ2) is 7.90. The summed E-state index contributed by atoms with van der Waals surface area (Å²) in [4.78, 5) is 40.8. The number of para-hydroxylation sites is 2. The lowest BCUT2D eigenvalue weighted by Crippen LogP contribution is -2.38. The van der Waals surface area contributed by atoms with Gasteiger partial charge < -0.3 is 14.4 Å². The van der Waals surface area contributed by atoms with Gasteiger partial charge in [0.15, 0.2) is 11.5 Å². The van der Waals surface area contributed by atoms with Crippen LogP contribution in [0.2, 0.25) is 0 Å². The third-order valence-electron chi connectivity index (χ3n) is 5.03. The van der Waals surface area contributed by atoms with Crippen molar-refractivity contribution in [3.8, 4) is 17.2 Å². The number of nitrogens with one attached hydrogen (secondary N) is 1. The van der Waals surface area contributed by atoms with E-state index in [2.05, 4.69) is 4.98 Å². The van der Waals surface area contributed by atoms with Gasteiger partial charge >= 0.3 is 5.69 Å². The molecule has 8 nitrogen and oxygen atoms in total. The first kappa shape index (κ1) is 19.5. The molecule has 30 heavy (non-hydrogen) atoms.